The van der Waals surface area contributed by atoms with Crippen molar-refractivity contribution >= 4 is 29.1 Å². The van der Waals surface area contributed by atoms with Crippen molar-refractivity contribution < 1.29 is 9.59 Å². The second-order valence-electron chi connectivity index (χ2n) is 7.03. The summed E-state index contributed by atoms with van der Waals surface area (Å²) in [7, 11) is 0. The summed E-state index contributed by atoms with van der Waals surface area (Å²) in [5.41, 5.74) is 2.72. The van der Waals surface area contributed by atoms with Crippen LogP contribution in [0, 0.1) is 6.92 Å². The van der Waals surface area contributed by atoms with E-state index < -0.39 is 0 Å². The van der Waals surface area contributed by atoms with Crippen molar-refractivity contribution in [1.82, 2.24) is 14.7 Å². The van der Waals surface area contributed by atoms with Crippen LogP contribution in [-0.4, -0.2) is 39.6 Å². The van der Waals surface area contributed by atoms with E-state index in [4.69, 9.17) is 11.6 Å². The number of anilines is 1. The molecular weight excluding hydrogens is 388 g/mol. The highest BCUT2D eigenvalue weighted by Gasteiger charge is 2.22. The average molecular weight is 409 g/mol. The Labute approximate surface area is 174 Å². The standard InChI is InChI=1S/C22H21ClN4O2/c1-15-19(20(23)27(25-15)18-10-3-2-4-11-18)21(28)24-17-9-7-8-16(14-17)22(29)26-12-5-6-13-26/h2-4,7-11,14H,5-6,12-13H2,1H3,(H,24,28). The summed E-state index contributed by atoms with van der Waals surface area (Å²) in [5.74, 6) is -0.370. The van der Waals surface area contributed by atoms with Crippen molar-refractivity contribution in [3.63, 3.8) is 0 Å². The van der Waals surface area contributed by atoms with Gasteiger partial charge in [0.25, 0.3) is 11.8 Å². The summed E-state index contributed by atoms with van der Waals surface area (Å²) in [6.45, 7) is 3.30. The van der Waals surface area contributed by atoms with Crippen LogP contribution in [0.15, 0.2) is 54.6 Å². The first-order valence-electron chi connectivity index (χ1n) is 9.56. The lowest BCUT2D eigenvalue weighted by Crippen LogP contribution is -2.27. The number of likely N-dealkylation sites (tertiary alicyclic amines) is 1. The number of para-hydroxylation sites is 1. The zero-order valence-corrected chi connectivity index (χ0v) is 16.8. The number of aryl methyl sites for hydroxylation is 1. The highest BCUT2D eigenvalue weighted by atomic mass is 35.5. The lowest BCUT2D eigenvalue weighted by molar-refractivity contribution is 0.0792. The summed E-state index contributed by atoms with van der Waals surface area (Å²) < 4.78 is 1.54. The molecule has 1 aliphatic rings. The van der Waals surface area contributed by atoms with Crippen LogP contribution < -0.4 is 5.32 Å². The van der Waals surface area contributed by atoms with Crippen LogP contribution in [0.25, 0.3) is 5.69 Å². The number of carbonyl (C=O) groups excluding carboxylic acids is 2. The predicted octanol–water partition coefficient (Wildman–Crippen LogP) is 4.32. The Morgan fingerprint density at radius 3 is 2.48 bits per heavy atom. The van der Waals surface area contributed by atoms with Gasteiger partial charge in [-0.1, -0.05) is 35.9 Å². The fourth-order valence-corrected chi connectivity index (χ4v) is 3.88. The van der Waals surface area contributed by atoms with Crippen molar-refractivity contribution in [2.75, 3.05) is 18.4 Å². The van der Waals surface area contributed by atoms with Gasteiger partial charge in [0.15, 0.2) is 0 Å². The van der Waals surface area contributed by atoms with Gasteiger partial charge in [-0.25, -0.2) is 4.68 Å². The maximum absolute atomic E-state index is 12.9. The Kier molecular flexibility index (Phi) is 5.36. The van der Waals surface area contributed by atoms with Crippen LogP contribution in [-0.2, 0) is 0 Å². The molecule has 1 saturated heterocycles. The van der Waals surface area contributed by atoms with E-state index in [1.54, 1.807) is 35.9 Å². The van der Waals surface area contributed by atoms with Crippen molar-refractivity contribution in [2.45, 2.75) is 19.8 Å². The average Bonchev–Trinajstić information content (AvgIpc) is 3.36. The molecule has 2 amide bonds. The number of rotatable bonds is 4. The topological polar surface area (TPSA) is 67.2 Å². The van der Waals surface area contributed by atoms with Crippen LogP contribution in [0.3, 0.4) is 0 Å². The van der Waals surface area contributed by atoms with Crippen molar-refractivity contribution in [3.05, 3.63) is 76.6 Å². The van der Waals surface area contributed by atoms with E-state index in [1.165, 1.54) is 0 Å². The Bertz CT molecular complexity index is 1060. The van der Waals surface area contributed by atoms with E-state index >= 15 is 0 Å². The van der Waals surface area contributed by atoms with E-state index in [1.807, 2.05) is 35.2 Å². The molecule has 0 bridgehead atoms. The number of hydrogen-bond acceptors (Lipinski definition) is 3. The maximum atomic E-state index is 12.9. The Morgan fingerprint density at radius 2 is 1.76 bits per heavy atom. The second kappa shape index (κ2) is 8.09. The van der Waals surface area contributed by atoms with E-state index in [0.29, 0.717) is 22.5 Å². The molecule has 2 aromatic carbocycles. The first-order chi connectivity index (χ1) is 14.0. The van der Waals surface area contributed by atoms with Crippen LogP contribution in [0.2, 0.25) is 5.15 Å². The van der Waals surface area contributed by atoms with Crippen molar-refractivity contribution in [1.29, 1.82) is 0 Å². The molecule has 2 heterocycles. The van der Waals surface area contributed by atoms with Crippen LogP contribution in [0.5, 0.6) is 0 Å². The number of carbonyl (C=O) groups is 2. The van der Waals surface area contributed by atoms with Gasteiger partial charge in [0.2, 0.25) is 0 Å². The molecule has 3 aromatic rings. The Hall–Kier alpha value is -3.12. The van der Waals surface area contributed by atoms with Gasteiger partial charge in [-0.3, -0.25) is 9.59 Å². The highest BCUT2D eigenvalue weighted by Crippen LogP contribution is 2.25. The molecule has 0 spiro atoms. The molecule has 6 nitrogen and oxygen atoms in total. The van der Waals surface area contributed by atoms with Crippen molar-refractivity contribution in [3.8, 4) is 5.69 Å². The fraction of sp³-hybridized carbons (Fsp3) is 0.227. The first-order valence-corrected chi connectivity index (χ1v) is 9.93. The van der Waals surface area contributed by atoms with Gasteiger partial charge in [0.05, 0.1) is 11.4 Å². The van der Waals surface area contributed by atoms with Crippen LogP contribution >= 0.6 is 11.6 Å². The summed E-state index contributed by atoms with van der Waals surface area (Å²) in [5, 5.41) is 7.49. The molecule has 148 valence electrons. The third kappa shape index (κ3) is 3.89. The summed E-state index contributed by atoms with van der Waals surface area (Å²) in [4.78, 5) is 27.3. The number of benzene rings is 2. The molecule has 0 radical (unpaired) electrons. The van der Waals surface area contributed by atoms with Gasteiger partial charge in [-0.15, -0.1) is 0 Å². The molecule has 1 aromatic heterocycles. The van der Waals surface area contributed by atoms with Gasteiger partial charge < -0.3 is 10.2 Å². The maximum Gasteiger partial charge on any atom is 0.260 e. The van der Waals surface area contributed by atoms with E-state index in [0.717, 1.165) is 31.6 Å². The highest BCUT2D eigenvalue weighted by molar-refractivity contribution is 6.34. The SMILES string of the molecule is Cc1nn(-c2ccccc2)c(Cl)c1C(=O)Nc1cccc(C(=O)N2CCCC2)c1. The predicted molar refractivity (Wildman–Crippen MR) is 113 cm³/mol. The van der Waals surface area contributed by atoms with Gasteiger partial charge in [0, 0.05) is 24.3 Å². The van der Waals surface area contributed by atoms with Gasteiger partial charge in [-0.2, -0.15) is 5.10 Å². The number of nitrogens with zero attached hydrogens (tertiary/aromatic N) is 3. The molecule has 0 atom stereocenters. The van der Waals surface area contributed by atoms with Crippen molar-refractivity contribution in [2.24, 2.45) is 0 Å². The minimum absolute atomic E-state index is 0.00953. The molecule has 1 fully saturated rings. The normalized spacial score (nSPS) is 13.5. The largest absolute Gasteiger partial charge is 0.339 e. The molecule has 4 rings (SSSR count). The quantitative estimate of drug-likeness (QED) is 0.699. The summed E-state index contributed by atoms with van der Waals surface area (Å²) >= 11 is 6.47. The Morgan fingerprint density at radius 1 is 1.03 bits per heavy atom. The number of aromatic nitrogens is 2. The summed E-state index contributed by atoms with van der Waals surface area (Å²) in [6.07, 6.45) is 2.07. The third-order valence-corrected chi connectivity index (χ3v) is 5.34. The lowest BCUT2D eigenvalue weighted by Gasteiger charge is -2.15. The lowest BCUT2D eigenvalue weighted by atomic mass is 10.1. The number of halogens is 1. The smallest absolute Gasteiger partial charge is 0.260 e. The van der Waals surface area contributed by atoms with Crippen LogP contribution in [0.1, 0.15) is 39.3 Å². The van der Waals surface area contributed by atoms with Gasteiger partial charge in [-0.05, 0) is 50.1 Å². The molecule has 0 aliphatic carbocycles. The van der Waals surface area contributed by atoms with Crippen LogP contribution in [0.4, 0.5) is 5.69 Å². The molecule has 1 aliphatic heterocycles. The molecule has 0 saturated carbocycles. The number of hydrogen-bond donors (Lipinski definition) is 1. The van der Waals surface area contributed by atoms with E-state index in [9.17, 15) is 9.59 Å². The third-order valence-electron chi connectivity index (χ3n) is 4.99. The molecule has 1 N–H and O–H groups in total. The first kappa shape index (κ1) is 19.2. The monoisotopic (exact) mass is 408 g/mol. The van der Waals surface area contributed by atoms with Gasteiger partial charge in [0.1, 0.15) is 10.7 Å². The molecule has 29 heavy (non-hydrogen) atoms. The zero-order chi connectivity index (χ0) is 20.4. The Balaban J connectivity index is 1.57. The number of amides is 2. The van der Waals surface area contributed by atoms with E-state index in [-0.39, 0.29) is 17.0 Å². The fourth-order valence-electron chi connectivity index (χ4n) is 3.52. The molecule has 7 heteroatoms. The zero-order valence-electron chi connectivity index (χ0n) is 16.1. The van der Waals surface area contributed by atoms with E-state index in [2.05, 4.69) is 10.4 Å². The summed E-state index contributed by atoms with van der Waals surface area (Å²) in [6, 6.07) is 16.4. The molecular formula is C22H21ClN4O2. The minimum Gasteiger partial charge on any atom is -0.339 e. The minimum atomic E-state index is -0.361. The van der Waals surface area contributed by atoms with Gasteiger partial charge >= 0.3 is 0 Å². The molecule has 0 unspecified atom stereocenters. The second-order valence-corrected chi connectivity index (χ2v) is 7.39. The number of nitrogens with one attached hydrogen (secondary N) is 1.